The minimum absolute atomic E-state index is 0.115. The van der Waals surface area contributed by atoms with Crippen LogP contribution in [0.1, 0.15) is 11.1 Å². The predicted octanol–water partition coefficient (Wildman–Crippen LogP) is 2.43. The first kappa shape index (κ1) is 19.7. The van der Waals surface area contributed by atoms with Crippen LogP contribution in [0.25, 0.3) is 11.1 Å². The number of aromatic nitrogens is 2. The third-order valence-corrected chi connectivity index (χ3v) is 5.09. The molecule has 1 heterocycles. The van der Waals surface area contributed by atoms with Crippen molar-refractivity contribution in [1.29, 1.82) is 0 Å². The molecule has 0 spiro atoms. The van der Waals surface area contributed by atoms with Crippen molar-refractivity contribution in [3.8, 4) is 11.1 Å². The summed E-state index contributed by atoms with van der Waals surface area (Å²) in [7, 11) is 0. The number of hydrogen-bond acceptors (Lipinski definition) is 4. The number of hydrogen-bond donors (Lipinski definition) is 2. The van der Waals surface area contributed by atoms with Gasteiger partial charge in [-0.1, -0.05) is 48.5 Å². The van der Waals surface area contributed by atoms with Crippen LogP contribution in [0.15, 0.2) is 67.0 Å². The van der Waals surface area contributed by atoms with Crippen LogP contribution in [0, 0.1) is 0 Å². The zero-order valence-corrected chi connectivity index (χ0v) is 16.2. The smallest absolute Gasteiger partial charge is 0.230 e. The quantitative estimate of drug-likeness (QED) is 0.583. The summed E-state index contributed by atoms with van der Waals surface area (Å²) in [6.07, 6.45) is 3.71. The summed E-state index contributed by atoms with van der Waals surface area (Å²) in [6.45, 7) is 1.16. The molecule has 0 fully saturated rings. The second-order valence-corrected chi connectivity index (χ2v) is 7.28. The molecule has 6 nitrogen and oxygen atoms in total. The van der Waals surface area contributed by atoms with Gasteiger partial charge in [0.1, 0.15) is 0 Å². The highest BCUT2D eigenvalue weighted by molar-refractivity contribution is 8.00. The van der Waals surface area contributed by atoms with Crippen LogP contribution < -0.4 is 11.1 Å². The van der Waals surface area contributed by atoms with Crippen LogP contribution in [0.2, 0.25) is 0 Å². The van der Waals surface area contributed by atoms with E-state index in [2.05, 4.69) is 34.7 Å². The minimum Gasteiger partial charge on any atom is -0.369 e. The van der Waals surface area contributed by atoms with Crippen LogP contribution in [-0.4, -0.2) is 33.1 Å². The maximum atomic E-state index is 11.9. The average molecular weight is 395 g/mol. The van der Waals surface area contributed by atoms with Crippen LogP contribution in [0.5, 0.6) is 0 Å². The van der Waals surface area contributed by atoms with Crippen molar-refractivity contribution in [2.45, 2.75) is 13.1 Å². The molecule has 2 amide bonds. The zero-order chi connectivity index (χ0) is 19.8. The Labute approximate surface area is 168 Å². The first-order chi connectivity index (χ1) is 13.6. The number of amides is 2. The van der Waals surface area contributed by atoms with Gasteiger partial charge >= 0.3 is 0 Å². The molecule has 0 unspecified atom stereocenters. The molecular formula is C21H22N4O2S. The van der Waals surface area contributed by atoms with E-state index in [4.69, 9.17) is 5.73 Å². The Morgan fingerprint density at radius 1 is 1.04 bits per heavy atom. The van der Waals surface area contributed by atoms with Gasteiger partial charge in [-0.3, -0.25) is 14.3 Å². The summed E-state index contributed by atoms with van der Waals surface area (Å²) in [6, 6.07) is 18.3. The van der Waals surface area contributed by atoms with Crippen molar-refractivity contribution in [1.82, 2.24) is 15.1 Å². The highest BCUT2D eigenvalue weighted by atomic mass is 32.2. The molecule has 3 rings (SSSR count). The summed E-state index contributed by atoms with van der Waals surface area (Å²) < 4.78 is 1.88. The third kappa shape index (κ3) is 5.72. The van der Waals surface area contributed by atoms with Crippen LogP contribution in [-0.2, 0) is 22.7 Å². The van der Waals surface area contributed by atoms with Crippen LogP contribution in [0.4, 0.5) is 0 Å². The second kappa shape index (κ2) is 9.75. The van der Waals surface area contributed by atoms with Gasteiger partial charge in [0.05, 0.1) is 18.1 Å². The maximum absolute atomic E-state index is 11.9. The number of benzene rings is 2. The van der Waals surface area contributed by atoms with E-state index in [-0.39, 0.29) is 17.4 Å². The molecule has 28 heavy (non-hydrogen) atoms. The van der Waals surface area contributed by atoms with E-state index in [0.29, 0.717) is 6.54 Å². The van der Waals surface area contributed by atoms with Gasteiger partial charge in [0.25, 0.3) is 0 Å². The normalized spacial score (nSPS) is 10.6. The lowest BCUT2D eigenvalue weighted by Crippen LogP contribution is -2.26. The largest absolute Gasteiger partial charge is 0.369 e. The molecule has 7 heteroatoms. The van der Waals surface area contributed by atoms with E-state index < -0.39 is 5.91 Å². The fourth-order valence-corrected chi connectivity index (χ4v) is 3.41. The Morgan fingerprint density at radius 2 is 1.82 bits per heavy atom. The molecule has 144 valence electrons. The van der Waals surface area contributed by atoms with E-state index in [1.807, 2.05) is 41.2 Å². The highest BCUT2D eigenvalue weighted by Crippen LogP contribution is 2.24. The SMILES string of the molecule is NC(=O)CSCC(=O)NCc1ccccc1-c1ccc(Cn2cccn2)cc1. The number of primary amides is 1. The number of nitrogens with two attached hydrogens (primary N) is 1. The number of carbonyl (C=O) groups excluding carboxylic acids is 2. The van der Waals surface area contributed by atoms with Crippen molar-refractivity contribution in [3.63, 3.8) is 0 Å². The topological polar surface area (TPSA) is 90.0 Å². The number of nitrogens with zero attached hydrogens (tertiary/aromatic N) is 2. The number of thioether (sulfide) groups is 1. The standard InChI is InChI=1S/C21H22N4O2S/c22-20(26)14-28-15-21(27)23-12-18-4-1-2-5-19(18)17-8-6-16(7-9-17)13-25-11-3-10-24-25/h1-11H,12-15H2,(H2,22,26)(H,23,27). The molecular weight excluding hydrogens is 372 g/mol. The fraction of sp³-hybridized carbons (Fsp3) is 0.190. The van der Waals surface area contributed by atoms with E-state index in [9.17, 15) is 9.59 Å². The molecule has 2 aromatic carbocycles. The first-order valence-corrected chi connectivity index (χ1v) is 10.0. The van der Waals surface area contributed by atoms with Gasteiger partial charge < -0.3 is 11.1 Å². The number of nitrogens with one attached hydrogen (secondary N) is 1. The van der Waals surface area contributed by atoms with Gasteiger partial charge in [-0.2, -0.15) is 5.10 Å². The molecule has 0 saturated carbocycles. The molecule has 3 aromatic rings. The highest BCUT2D eigenvalue weighted by Gasteiger charge is 2.08. The van der Waals surface area contributed by atoms with Crippen molar-refractivity contribution >= 4 is 23.6 Å². The van der Waals surface area contributed by atoms with Gasteiger partial charge in [-0.15, -0.1) is 11.8 Å². The summed E-state index contributed by atoms with van der Waals surface area (Å²) in [4.78, 5) is 22.7. The molecule has 3 N–H and O–H groups in total. The maximum Gasteiger partial charge on any atom is 0.230 e. The molecule has 0 bridgehead atoms. The fourth-order valence-electron chi connectivity index (χ4n) is 2.82. The van der Waals surface area contributed by atoms with E-state index in [0.717, 1.165) is 23.2 Å². The van der Waals surface area contributed by atoms with Crippen molar-refractivity contribution in [2.75, 3.05) is 11.5 Å². The lowest BCUT2D eigenvalue weighted by atomic mass is 9.98. The first-order valence-electron chi connectivity index (χ1n) is 8.89. The number of carbonyl (C=O) groups is 2. The second-order valence-electron chi connectivity index (χ2n) is 6.29. The average Bonchev–Trinajstić information content (AvgIpc) is 3.20. The Morgan fingerprint density at radius 3 is 2.54 bits per heavy atom. The van der Waals surface area contributed by atoms with Crippen molar-refractivity contribution < 1.29 is 9.59 Å². The molecule has 0 radical (unpaired) electrons. The Kier molecular flexibility index (Phi) is 6.86. The molecule has 0 saturated heterocycles. The lowest BCUT2D eigenvalue weighted by Gasteiger charge is -2.12. The van der Waals surface area contributed by atoms with E-state index >= 15 is 0 Å². The van der Waals surface area contributed by atoms with E-state index in [1.54, 1.807) is 6.20 Å². The zero-order valence-electron chi connectivity index (χ0n) is 15.4. The van der Waals surface area contributed by atoms with Crippen molar-refractivity contribution in [3.05, 3.63) is 78.1 Å². The Bertz CT molecular complexity index is 924. The van der Waals surface area contributed by atoms with Gasteiger partial charge in [0.2, 0.25) is 11.8 Å². The Hall–Kier alpha value is -3.06. The lowest BCUT2D eigenvalue weighted by molar-refractivity contribution is -0.118. The Balaban J connectivity index is 1.63. The van der Waals surface area contributed by atoms with Gasteiger partial charge in [-0.05, 0) is 28.3 Å². The molecule has 0 aliphatic rings. The van der Waals surface area contributed by atoms with Crippen molar-refractivity contribution in [2.24, 2.45) is 5.73 Å². The van der Waals surface area contributed by atoms with Gasteiger partial charge in [-0.25, -0.2) is 0 Å². The predicted molar refractivity (Wildman–Crippen MR) is 112 cm³/mol. The molecule has 1 aromatic heterocycles. The molecule has 0 aliphatic carbocycles. The van der Waals surface area contributed by atoms with E-state index in [1.165, 1.54) is 17.3 Å². The van der Waals surface area contributed by atoms with Gasteiger partial charge in [0.15, 0.2) is 0 Å². The summed E-state index contributed by atoms with van der Waals surface area (Å²) in [5.41, 5.74) is 9.46. The monoisotopic (exact) mass is 394 g/mol. The van der Waals surface area contributed by atoms with Gasteiger partial charge in [0, 0.05) is 18.9 Å². The summed E-state index contributed by atoms with van der Waals surface area (Å²) in [5.74, 6) is -0.169. The summed E-state index contributed by atoms with van der Waals surface area (Å²) >= 11 is 1.21. The number of rotatable bonds is 9. The van der Waals surface area contributed by atoms with Crippen LogP contribution in [0.3, 0.4) is 0 Å². The summed E-state index contributed by atoms with van der Waals surface area (Å²) in [5, 5.41) is 7.13. The molecule has 0 aliphatic heterocycles. The molecule has 0 atom stereocenters. The van der Waals surface area contributed by atoms with Crippen LogP contribution >= 0.6 is 11.8 Å². The minimum atomic E-state index is -0.417. The third-order valence-electron chi connectivity index (χ3n) is 4.14.